The predicted octanol–water partition coefficient (Wildman–Crippen LogP) is 5.80. The molecule has 0 spiro atoms. The normalized spacial score (nSPS) is 13.5. The van der Waals surface area contributed by atoms with Crippen LogP contribution in [0.1, 0.15) is 42.0 Å². The molecule has 1 unspecified atom stereocenters. The van der Waals surface area contributed by atoms with E-state index in [9.17, 15) is 13.2 Å². The van der Waals surface area contributed by atoms with E-state index in [0.29, 0.717) is 5.56 Å². The molecule has 0 fully saturated rings. The molecule has 0 saturated heterocycles. The molecule has 0 nitrogen and oxygen atoms in total. The Kier molecular flexibility index (Phi) is 4.40. The van der Waals surface area contributed by atoms with Crippen LogP contribution < -0.4 is 0 Å². The number of hydrogen-bond donors (Lipinski definition) is 0. The maximum atomic E-state index is 12.9. The number of benzene rings is 2. The van der Waals surface area contributed by atoms with Crippen molar-refractivity contribution in [2.24, 2.45) is 5.92 Å². The number of halogens is 3. The van der Waals surface area contributed by atoms with E-state index in [1.807, 2.05) is 45.0 Å². The first kappa shape index (κ1) is 15.6. The molecule has 0 aliphatic rings. The fraction of sp³-hybridized carbons (Fsp3) is 0.333. The molecule has 2 rings (SSSR count). The summed E-state index contributed by atoms with van der Waals surface area (Å²) >= 11 is 0. The first-order valence-electron chi connectivity index (χ1n) is 7.03. The van der Waals surface area contributed by atoms with Crippen molar-refractivity contribution in [3.8, 4) is 0 Å². The van der Waals surface area contributed by atoms with E-state index in [1.54, 1.807) is 6.07 Å². The van der Waals surface area contributed by atoms with E-state index >= 15 is 0 Å². The van der Waals surface area contributed by atoms with Crippen LogP contribution in [0.25, 0.3) is 0 Å². The molecule has 0 saturated carbocycles. The van der Waals surface area contributed by atoms with E-state index in [4.69, 9.17) is 0 Å². The minimum Gasteiger partial charge on any atom is -0.166 e. The lowest BCUT2D eigenvalue weighted by atomic mass is 9.81. The van der Waals surface area contributed by atoms with Gasteiger partial charge in [0.2, 0.25) is 0 Å². The van der Waals surface area contributed by atoms with Crippen LogP contribution in [0.2, 0.25) is 0 Å². The lowest BCUT2D eigenvalue weighted by molar-refractivity contribution is -0.137. The van der Waals surface area contributed by atoms with Crippen LogP contribution in [-0.2, 0) is 6.18 Å². The van der Waals surface area contributed by atoms with Gasteiger partial charge in [-0.1, -0.05) is 61.9 Å². The Morgan fingerprint density at radius 2 is 1.43 bits per heavy atom. The molecular weight excluding hydrogens is 273 g/mol. The highest BCUT2D eigenvalue weighted by molar-refractivity contribution is 5.37. The Bertz CT molecular complexity index is 612. The highest BCUT2D eigenvalue weighted by Crippen LogP contribution is 2.36. The summed E-state index contributed by atoms with van der Waals surface area (Å²) in [5.41, 5.74) is 2.30. The fourth-order valence-electron chi connectivity index (χ4n) is 2.73. The Hall–Kier alpha value is -1.77. The van der Waals surface area contributed by atoms with E-state index in [0.717, 1.165) is 17.2 Å². The van der Waals surface area contributed by atoms with E-state index in [-0.39, 0.29) is 11.8 Å². The van der Waals surface area contributed by atoms with Crippen LogP contribution in [0.3, 0.4) is 0 Å². The molecule has 3 heteroatoms. The second-order valence-corrected chi connectivity index (χ2v) is 5.76. The van der Waals surface area contributed by atoms with Gasteiger partial charge in [-0.15, -0.1) is 0 Å². The zero-order valence-electron chi connectivity index (χ0n) is 12.4. The lowest BCUT2D eigenvalue weighted by Gasteiger charge is -2.23. The van der Waals surface area contributed by atoms with Gasteiger partial charge in [0.15, 0.2) is 0 Å². The molecule has 0 aliphatic carbocycles. The highest BCUT2D eigenvalue weighted by atomic mass is 19.4. The molecule has 2 aromatic rings. The minimum atomic E-state index is -4.30. The third-order valence-electron chi connectivity index (χ3n) is 3.64. The first-order valence-corrected chi connectivity index (χ1v) is 7.03. The SMILES string of the molecule is Cc1cccc(C(c2cccc(C(F)(F)F)c2)C(C)C)c1. The number of aryl methyl sites for hydroxylation is 1. The largest absolute Gasteiger partial charge is 0.416 e. The van der Waals surface area contributed by atoms with Crippen LogP contribution in [0.4, 0.5) is 13.2 Å². The Morgan fingerprint density at radius 3 is 1.95 bits per heavy atom. The minimum absolute atomic E-state index is 0.0350. The summed E-state index contributed by atoms with van der Waals surface area (Å²) < 4.78 is 38.7. The summed E-state index contributed by atoms with van der Waals surface area (Å²) in [7, 11) is 0. The zero-order chi connectivity index (χ0) is 15.6. The molecule has 112 valence electrons. The van der Waals surface area contributed by atoms with Gasteiger partial charge in [0.25, 0.3) is 0 Å². The Labute approximate surface area is 123 Å². The smallest absolute Gasteiger partial charge is 0.166 e. The van der Waals surface area contributed by atoms with Crippen molar-refractivity contribution in [3.05, 3.63) is 70.8 Å². The standard InChI is InChI=1S/C18H19F3/c1-12(2)17(14-7-4-6-13(3)10-14)15-8-5-9-16(11-15)18(19,20)21/h4-12,17H,1-3H3. The topological polar surface area (TPSA) is 0 Å². The van der Waals surface area contributed by atoms with Crippen molar-refractivity contribution in [1.29, 1.82) is 0 Å². The third kappa shape index (κ3) is 3.66. The molecule has 0 radical (unpaired) electrons. The molecular formula is C18H19F3. The van der Waals surface area contributed by atoms with E-state index < -0.39 is 11.7 Å². The van der Waals surface area contributed by atoms with Crippen LogP contribution in [0.5, 0.6) is 0 Å². The van der Waals surface area contributed by atoms with Gasteiger partial charge in [0.1, 0.15) is 0 Å². The fourth-order valence-corrected chi connectivity index (χ4v) is 2.73. The average molecular weight is 292 g/mol. The van der Waals surface area contributed by atoms with Crippen molar-refractivity contribution in [2.45, 2.75) is 32.9 Å². The molecule has 21 heavy (non-hydrogen) atoms. The van der Waals surface area contributed by atoms with Crippen molar-refractivity contribution in [1.82, 2.24) is 0 Å². The Balaban J connectivity index is 2.49. The summed E-state index contributed by atoms with van der Waals surface area (Å²) in [6.45, 7) is 6.06. The summed E-state index contributed by atoms with van der Waals surface area (Å²) in [6.07, 6.45) is -4.30. The summed E-state index contributed by atoms with van der Waals surface area (Å²) in [5, 5.41) is 0. The maximum absolute atomic E-state index is 12.9. The second-order valence-electron chi connectivity index (χ2n) is 5.76. The molecule has 0 amide bonds. The highest BCUT2D eigenvalue weighted by Gasteiger charge is 2.31. The second kappa shape index (κ2) is 5.92. The number of rotatable bonds is 3. The molecule has 2 aromatic carbocycles. The van der Waals surface area contributed by atoms with Gasteiger partial charge in [0, 0.05) is 5.92 Å². The van der Waals surface area contributed by atoms with Crippen molar-refractivity contribution in [3.63, 3.8) is 0 Å². The van der Waals surface area contributed by atoms with Crippen molar-refractivity contribution >= 4 is 0 Å². The molecule has 0 N–H and O–H groups in total. The number of hydrogen-bond acceptors (Lipinski definition) is 0. The summed E-state index contributed by atoms with van der Waals surface area (Å²) in [5.74, 6) is 0.183. The number of alkyl halides is 3. The third-order valence-corrected chi connectivity index (χ3v) is 3.64. The van der Waals surface area contributed by atoms with Gasteiger partial charge in [-0.25, -0.2) is 0 Å². The maximum Gasteiger partial charge on any atom is 0.416 e. The van der Waals surface area contributed by atoms with E-state index in [2.05, 4.69) is 0 Å². The van der Waals surface area contributed by atoms with Crippen LogP contribution in [-0.4, -0.2) is 0 Å². The van der Waals surface area contributed by atoms with Gasteiger partial charge in [-0.3, -0.25) is 0 Å². The van der Waals surface area contributed by atoms with Crippen molar-refractivity contribution < 1.29 is 13.2 Å². The van der Waals surface area contributed by atoms with E-state index in [1.165, 1.54) is 12.1 Å². The summed E-state index contributed by atoms with van der Waals surface area (Å²) in [6, 6.07) is 13.6. The molecule has 0 bridgehead atoms. The van der Waals surface area contributed by atoms with Crippen molar-refractivity contribution in [2.75, 3.05) is 0 Å². The van der Waals surface area contributed by atoms with Gasteiger partial charge >= 0.3 is 6.18 Å². The molecule has 0 aliphatic heterocycles. The van der Waals surface area contributed by atoms with Crippen LogP contribution in [0.15, 0.2) is 48.5 Å². The molecule has 1 atom stereocenters. The summed E-state index contributed by atoms with van der Waals surface area (Å²) in [4.78, 5) is 0. The average Bonchev–Trinajstić information content (AvgIpc) is 2.38. The zero-order valence-corrected chi connectivity index (χ0v) is 12.4. The monoisotopic (exact) mass is 292 g/mol. The predicted molar refractivity (Wildman–Crippen MR) is 79.3 cm³/mol. The molecule has 0 heterocycles. The van der Waals surface area contributed by atoms with Gasteiger partial charge in [0.05, 0.1) is 5.56 Å². The lowest BCUT2D eigenvalue weighted by Crippen LogP contribution is -2.11. The van der Waals surface area contributed by atoms with Crippen LogP contribution in [0, 0.1) is 12.8 Å². The van der Waals surface area contributed by atoms with Gasteiger partial charge < -0.3 is 0 Å². The quantitative estimate of drug-likeness (QED) is 0.670. The molecule has 0 aromatic heterocycles. The van der Waals surface area contributed by atoms with Crippen LogP contribution >= 0.6 is 0 Å². The van der Waals surface area contributed by atoms with Gasteiger partial charge in [-0.05, 0) is 30.0 Å². The van der Waals surface area contributed by atoms with Gasteiger partial charge in [-0.2, -0.15) is 13.2 Å². The first-order chi connectivity index (χ1) is 9.79. The Morgan fingerprint density at radius 1 is 0.857 bits per heavy atom.